The van der Waals surface area contributed by atoms with E-state index in [4.69, 9.17) is 28.3 Å². The predicted molar refractivity (Wildman–Crippen MR) is 121 cm³/mol. The highest BCUT2D eigenvalue weighted by Gasteiger charge is 2.41. The molecule has 3 heterocycles. The number of hydrogen-bond donors (Lipinski definition) is 3. The number of rotatable bonds is 7. The number of carboxylic acid groups (broad SMARTS) is 1. The highest BCUT2D eigenvalue weighted by Crippen LogP contribution is 2.40. The average Bonchev–Trinajstić information content (AvgIpc) is 3.41. The maximum atomic E-state index is 12.6. The van der Waals surface area contributed by atoms with Crippen LogP contribution in [0.25, 0.3) is 0 Å². The Labute approximate surface area is 201 Å². The highest BCUT2D eigenvalue weighted by atomic mass is 35.5. The maximum absolute atomic E-state index is 12.6. The molecule has 0 spiro atoms. The van der Waals surface area contributed by atoms with Crippen LogP contribution in [-0.2, 0) is 4.79 Å². The van der Waals surface area contributed by atoms with Crippen LogP contribution in [0.4, 0.5) is 24.0 Å². The summed E-state index contributed by atoms with van der Waals surface area (Å²) in [6.45, 7) is 2.20. The molecule has 1 aromatic heterocycles. The summed E-state index contributed by atoms with van der Waals surface area (Å²) < 4.78 is 41.8. The molecule has 184 valence electrons. The minimum atomic E-state index is -4.77. The molecule has 2 aliphatic rings. The van der Waals surface area contributed by atoms with Crippen molar-refractivity contribution in [2.75, 3.05) is 42.5 Å². The van der Waals surface area contributed by atoms with E-state index in [-0.39, 0.29) is 23.4 Å². The SMILES string of the molecule is N/C(=N\N(N)CC(=O)O)c1cnc(N2CC3CN(c4cc(OC(F)(F)F)ccc4Cl)CC3C2)s1. The van der Waals surface area contributed by atoms with Gasteiger partial charge in [-0.2, -0.15) is 0 Å². The molecule has 10 nitrogen and oxygen atoms in total. The van der Waals surface area contributed by atoms with Crippen LogP contribution in [-0.4, -0.2) is 66.1 Å². The first-order chi connectivity index (χ1) is 16.0. The van der Waals surface area contributed by atoms with Gasteiger partial charge in [-0.05, 0) is 12.1 Å². The lowest BCUT2D eigenvalue weighted by Gasteiger charge is -2.24. The summed E-state index contributed by atoms with van der Waals surface area (Å²) in [5.74, 6) is 4.67. The number of benzene rings is 1. The van der Waals surface area contributed by atoms with Crippen molar-refractivity contribution in [1.29, 1.82) is 0 Å². The molecule has 0 radical (unpaired) electrons. The first kappa shape index (κ1) is 24.2. The smallest absolute Gasteiger partial charge is 0.480 e. The van der Waals surface area contributed by atoms with E-state index >= 15 is 0 Å². The van der Waals surface area contributed by atoms with Crippen molar-refractivity contribution in [2.45, 2.75) is 6.36 Å². The number of nitrogens with zero attached hydrogens (tertiary/aromatic N) is 5. The molecule has 5 N–H and O–H groups in total. The van der Waals surface area contributed by atoms with Crippen LogP contribution < -0.4 is 26.1 Å². The number of aliphatic carboxylic acids is 1. The van der Waals surface area contributed by atoms with Crippen molar-refractivity contribution in [3.63, 3.8) is 0 Å². The zero-order valence-electron chi connectivity index (χ0n) is 17.6. The number of carbonyl (C=O) groups is 1. The number of hydrogen-bond acceptors (Lipinski definition) is 9. The number of anilines is 2. The third kappa shape index (κ3) is 5.56. The average molecular weight is 520 g/mol. The second-order valence-corrected chi connectivity index (χ2v) is 9.39. The third-order valence-electron chi connectivity index (χ3n) is 5.53. The van der Waals surface area contributed by atoms with Crippen molar-refractivity contribution in [3.8, 4) is 5.75 Å². The number of carboxylic acids is 1. The van der Waals surface area contributed by atoms with Crippen molar-refractivity contribution >= 4 is 45.6 Å². The molecule has 2 aromatic rings. The van der Waals surface area contributed by atoms with Gasteiger partial charge in [0.25, 0.3) is 0 Å². The molecule has 0 aliphatic carbocycles. The number of ether oxygens (including phenoxy) is 1. The molecule has 2 fully saturated rings. The Morgan fingerprint density at radius 1 is 1.29 bits per heavy atom. The van der Waals surface area contributed by atoms with Crippen LogP contribution in [0.3, 0.4) is 0 Å². The van der Waals surface area contributed by atoms with E-state index in [2.05, 4.69) is 19.7 Å². The van der Waals surface area contributed by atoms with Gasteiger partial charge in [0.05, 0.1) is 21.8 Å². The van der Waals surface area contributed by atoms with Crippen molar-refractivity contribution in [2.24, 2.45) is 28.5 Å². The van der Waals surface area contributed by atoms with Crippen molar-refractivity contribution < 1.29 is 27.8 Å². The second kappa shape index (κ2) is 9.35. The lowest BCUT2D eigenvalue weighted by atomic mass is 10.0. The third-order valence-corrected chi connectivity index (χ3v) is 6.93. The van der Waals surface area contributed by atoms with Crippen LogP contribution >= 0.6 is 22.9 Å². The Balaban J connectivity index is 1.39. The zero-order chi connectivity index (χ0) is 24.6. The Kier molecular flexibility index (Phi) is 6.64. The fraction of sp³-hybridized carbons (Fsp3) is 0.421. The van der Waals surface area contributed by atoms with Crippen LogP contribution in [0.1, 0.15) is 4.88 Å². The minimum Gasteiger partial charge on any atom is -0.480 e. The van der Waals surface area contributed by atoms with Crippen LogP contribution in [0, 0.1) is 11.8 Å². The van der Waals surface area contributed by atoms with E-state index in [1.807, 2.05) is 4.90 Å². The first-order valence-electron chi connectivity index (χ1n) is 10.1. The number of halogens is 4. The molecule has 2 unspecified atom stereocenters. The van der Waals surface area contributed by atoms with Gasteiger partial charge in [0.15, 0.2) is 17.5 Å². The van der Waals surface area contributed by atoms with E-state index in [0.717, 1.165) is 10.2 Å². The standard InChI is InChI=1S/C19H21ClF3N7O3S/c20-13-2-1-12(33-19(21,22)23)3-14(13)28-5-10-7-29(8-11(10)6-28)18-26-4-15(34-18)17(24)27-30(25)9-16(31)32/h1-4,10-11H,5-9,25H2,(H2,24,27)(H,31,32). The van der Waals surface area contributed by atoms with Gasteiger partial charge in [-0.1, -0.05) is 22.9 Å². The summed E-state index contributed by atoms with van der Waals surface area (Å²) in [6, 6.07) is 3.91. The van der Waals surface area contributed by atoms with E-state index in [0.29, 0.717) is 41.8 Å². The van der Waals surface area contributed by atoms with E-state index in [1.165, 1.54) is 29.5 Å². The van der Waals surface area contributed by atoms with Crippen molar-refractivity contribution in [3.05, 3.63) is 34.3 Å². The molecular formula is C19H21ClF3N7O3S. The fourth-order valence-corrected chi connectivity index (χ4v) is 5.24. The molecule has 2 saturated heterocycles. The lowest BCUT2D eigenvalue weighted by molar-refractivity contribution is -0.274. The van der Waals surface area contributed by atoms with Crippen LogP contribution in [0.5, 0.6) is 5.75 Å². The minimum absolute atomic E-state index is 0.0636. The first-order valence-corrected chi connectivity index (χ1v) is 11.3. The number of nitrogens with two attached hydrogens (primary N) is 2. The van der Waals surface area contributed by atoms with Gasteiger partial charge in [-0.15, -0.1) is 18.3 Å². The van der Waals surface area contributed by atoms with Gasteiger partial charge in [-0.3, -0.25) is 4.79 Å². The van der Waals surface area contributed by atoms with Gasteiger partial charge in [0.1, 0.15) is 5.75 Å². The molecule has 0 bridgehead atoms. The molecular weight excluding hydrogens is 499 g/mol. The van der Waals surface area contributed by atoms with Crippen LogP contribution in [0.15, 0.2) is 29.5 Å². The number of hydrazone groups is 1. The van der Waals surface area contributed by atoms with Crippen molar-refractivity contribution in [1.82, 2.24) is 10.1 Å². The predicted octanol–water partition coefficient (Wildman–Crippen LogP) is 2.15. The normalized spacial score (nSPS) is 20.6. The summed E-state index contributed by atoms with van der Waals surface area (Å²) in [5.41, 5.74) is 6.42. The number of hydrazine groups is 1. The fourth-order valence-electron chi connectivity index (χ4n) is 4.17. The summed E-state index contributed by atoms with van der Waals surface area (Å²) in [7, 11) is 0. The van der Waals surface area contributed by atoms with E-state index in [9.17, 15) is 18.0 Å². The quantitative estimate of drug-likeness (QED) is 0.218. The molecule has 34 heavy (non-hydrogen) atoms. The lowest BCUT2D eigenvalue weighted by Crippen LogP contribution is -2.33. The van der Waals surface area contributed by atoms with Gasteiger partial charge in [0.2, 0.25) is 0 Å². The van der Waals surface area contributed by atoms with Gasteiger partial charge in [0, 0.05) is 44.1 Å². The number of thiazole rings is 1. The second-order valence-electron chi connectivity index (χ2n) is 7.97. The highest BCUT2D eigenvalue weighted by molar-refractivity contribution is 7.17. The Hall–Kier alpha value is -2.97. The van der Waals surface area contributed by atoms with Gasteiger partial charge < -0.3 is 25.4 Å². The number of amidine groups is 1. The molecule has 2 aliphatic heterocycles. The molecule has 15 heteroatoms. The molecule has 0 saturated carbocycles. The summed E-state index contributed by atoms with van der Waals surface area (Å²) in [4.78, 5) is 19.8. The Morgan fingerprint density at radius 2 is 1.94 bits per heavy atom. The largest absolute Gasteiger partial charge is 0.573 e. The Morgan fingerprint density at radius 3 is 2.56 bits per heavy atom. The summed E-state index contributed by atoms with van der Waals surface area (Å²) in [6.07, 6.45) is -3.22. The Bertz CT molecular complexity index is 1090. The van der Waals surface area contributed by atoms with Gasteiger partial charge in [-0.25, -0.2) is 15.9 Å². The van der Waals surface area contributed by atoms with E-state index < -0.39 is 18.9 Å². The molecule has 1 aromatic carbocycles. The zero-order valence-corrected chi connectivity index (χ0v) is 19.1. The topological polar surface area (TPSA) is 134 Å². The maximum Gasteiger partial charge on any atom is 0.573 e. The van der Waals surface area contributed by atoms with E-state index in [1.54, 1.807) is 6.20 Å². The summed E-state index contributed by atoms with van der Waals surface area (Å²) in [5, 5.41) is 14.4. The molecule has 4 rings (SSSR count). The number of fused-ring (bicyclic) bond motifs is 1. The number of aromatic nitrogens is 1. The van der Waals surface area contributed by atoms with Gasteiger partial charge >= 0.3 is 12.3 Å². The summed E-state index contributed by atoms with van der Waals surface area (Å²) >= 11 is 7.58. The van der Waals surface area contributed by atoms with Crippen LogP contribution in [0.2, 0.25) is 5.02 Å². The monoisotopic (exact) mass is 519 g/mol. The molecule has 2 atom stereocenters. The number of alkyl halides is 3. The molecule has 0 amide bonds.